The molecule has 0 saturated carbocycles. The molecule has 0 amide bonds. The largest absolute Gasteiger partial charge is 0.481 e. The van der Waals surface area contributed by atoms with Crippen LogP contribution in [0.5, 0.6) is 5.88 Å². The van der Waals surface area contributed by atoms with Gasteiger partial charge in [-0.25, -0.2) is 14.5 Å². The van der Waals surface area contributed by atoms with Crippen LogP contribution in [0.15, 0.2) is 24.5 Å². The van der Waals surface area contributed by atoms with Gasteiger partial charge in [-0.15, -0.1) is 0 Å². The average molecular weight is 261 g/mol. The lowest BCUT2D eigenvalue weighted by Gasteiger charge is -2.06. The van der Waals surface area contributed by atoms with Crippen molar-refractivity contribution in [3.05, 3.63) is 35.8 Å². The van der Waals surface area contributed by atoms with Crippen molar-refractivity contribution < 1.29 is 14.3 Å². The smallest absolute Gasteiger partial charge is 0.341 e. The normalized spacial score (nSPS) is 10.3. The minimum absolute atomic E-state index is 0.341. The third kappa shape index (κ3) is 2.57. The molecule has 6 heteroatoms. The van der Waals surface area contributed by atoms with Crippen molar-refractivity contribution >= 4 is 5.97 Å². The molecule has 0 aliphatic rings. The van der Waals surface area contributed by atoms with Gasteiger partial charge in [0.15, 0.2) is 0 Å². The summed E-state index contributed by atoms with van der Waals surface area (Å²) in [5, 5.41) is 4.18. The van der Waals surface area contributed by atoms with E-state index in [4.69, 9.17) is 9.47 Å². The molecule has 2 aromatic heterocycles. The number of esters is 1. The second-order valence-electron chi connectivity index (χ2n) is 3.83. The Hall–Kier alpha value is -2.37. The Morgan fingerprint density at radius 1 is 1.37 bits per heavy atom. The van der Waals surface area contributed by atoms with Crippen molar-refractivity contribution in [2.24, 2.45) is 0 Å². The van der Waals surface area contributed by atoms with Gasteiger partial charge < -0.3 is 9.47 Å². The number of hydrogen-bond donors (Lipinski definition) is 0. The van der Waals surface area contributed by atoms with E-state index in [9.17, 15) is 4.79 Å². The molecule has 0 atom stereocenters. The van der Waals surface area contributed by atoms with Crippen LogP contribution in [0.25, 0.3) is 5.69 Å². The summed E-state index contributed by atoms with van der Waals surface area (Å²) in [5.41, 5.74) is 1.93. The lowest BCUT2D eigenvalue weighted by Crippen LogP contribution is -2.07. The van der Waals surface area contributed by atoms with E-state index in [0.717, 1.165) is 5.69 Å². The molecule has 6 nitrogen and oxygen atoms in total. The topological polar surface area (TPSA) is 66.2 Å². The van der Waals surface area contributed by atoms with Gasteiger partial charge >= 0.3 is 5.97 Å². The highest BCUT2D eigenvalue weighted by Crippen LogP contribution is 2.16. The predicted molar refractivity (Wildman–Crippen MR) is 68.6 cm³/mol. The first-order valence-corrected chi connectivity index (χ1v) is 5.89. The molecule has 0 unspecified atom stereocenters. The highest BCUT2D eigenvalue weighted by molar-refractivity contribution is 5.90. The fourth-order valence-corrected chi connectivity index (χ4v) is 1.70. The second kappa shape index (κ2) is 5.51. The number of hydrogen-bond acceptors (Lipinski definition) is 5. The summed E-state index contributed by atoms with van der Waals surface area (Å²) >= 11 is 0. The summed E-state index contributed by atoms with van der Waals surface area (Å²) in [6.45, 7) is 3.92. The van der Waals surface area contributed by atoms with E-state index in [2.05, 4.69) is 10.1 Å². The molecule has 19 heavy (non-hydrogen) atoms. The molecule has 0 aromatic carbocycles. The van der Waals surface area contributed by atoms with Crippen LogP contribution in [-0.2, 0) is 4.74 Å². The van der Waals surface area contributed by atoms with Crippen LogP contribution in [0.4, 0.5) is 0 Å². The summed E-state index contributed by atoms with van der Waals surface area (Å²) in [4.78, 5) is 15.8. The third-order valence-electron chi connectivity index (χ3n) is 2.68. The molecule has 2 aromatic rings. The first-order chi connectivity index (χ1) is 9.17. The highest BCUT2D eigenvalue weighted by Gasteiger charge is 2.16. The number of rotatable bonds is 4. The lowest BCUT2D eigenvalue weighted by molar-refractivity contribution is 0.0525. The zero-order chi connectivity index (χ0) is 13.8. The van der Waals surface area contributed by atoms with Crippen LogP contribution in [0.2, 0.25) is 0 Å². The standard InChI is InChI=1S/C13H15N3O3/c1-4-19-13(17)11-8-15-16(9(11)2)10-5-6-12(18-3)14-7-10/h5-8H,4H2,1-3H3. The van der Waals surface area contributed by atoms with Gasteiger partial charge in [-0.1, -0.05) is 0 Å². The van der Waals surface area contributed by atoms with Crippen LogP contribution in [0, 0.1) is 6.92 Å². The van der Waals surface area contributed by atoms with Crippen LogP contribution in [0.1, 0.15) is 23.0 Å². The monoisotopic (exact) mass is 261 g/mol. The number of ether oxygens (including phenoxy) is 2. The Bertz CT molecular complexity index is 575. The van der Waals surface area contributed by atoms with Crippen LogP contribution >= 0.6 is 0 Å². The van der Waals surface area contributed by atoms with Gasteiger partial charge in [-0.05, 0) is 19.9 Å². The SMILES string of the molecule is CCOC(=O)c1cnn(-c2ccc(OC)nc2)c1C. The Balaban J connectivity index is 2.32. The van der Waals surface area contributed by atoms with Gasteiger partial charge in [0.2, 0.25) is 5.88 Å². The molecule has 0 bridgehead atoms. The van der Waals surface area contributed by atoms with Crippen LogP contribution in [-0.4, -0.2) is 34.5 Å². The summed E-state index contributed by atoms with van der Waals surface area (Å²) in [7, 11) is 1.56. The average Bonchev–Trinajstić information content (AvgIpc) is 2.81. The van der Waals surface area contributed by atoms with Crippen LogP contribution < -0.4 is 4.74 Å². The maximum Gasteiger partial charge on any atom is 0.341 e. The second-order valence-corrected chi connectivity index (χ2v) is 3.83. The van der Waals surface area contributed by atoms with Gasteiger partial charge in [0.05, 0.1) is 37.5 Å². The summed E-state index contributed by atoms with van der Waals surface area (Å²) in [5.74, 6) is 0.159. The maximum atomic E-state index is 11.7. The first-order valence-electron chi connectivity index (χ1n) is 5.89. The Labute approximate surface area is 111 Å². The molecule has 2 heterocycles. The third-order valence-corrected chi connectivity index (χ3v) is 2.68. The molecular weight excluding hydrogens is 246 g/mol. The Morgan fingerprint density at radius 2 is 2.16 bits per heavy atom. The molecule has 0 spiro atoms. The molecule has 0 saturated heterocycles. The van der Waals surface area contributed by atoms with Crippen molar-refractivity contribution in [1.29, 1.82) is 0 Å². The number of nitrogens with zero attached hydrogens (tertiary/aromatic N) is 3. The van der Waals surface area contributed by atoms with Crippen molar-refractivity contribution in [3.8, 4) is 11.6 Å². The van der Waals surface area contributed by atoms with Gasteiger partial charge in [-0.3, -0.25) is 0 Å². The molecule has 100 valence electrons. The number of carbonyl (C=O) groups is 1. The van der Waals surface area contributed by atoms with Gasteiger partial charge in [0, 0.05) is 6.07 Å². The minimum atomic E-state index is -0.368. The summed E-state index contributed by atoms with van der Waals surface area (Å²) < 4.78 is 11.6. The molecule has 0 aliphatic carbocycles. The first kappa shape index (κ1) is 13.1. The van der Waals surface area contributed by atoms with Crippen molar-refractivity contribution in [3.63, 3.8) is 0 Å². The molecule has 0 aliphatic heterocycles. The maximum absolute atomic E-state index is 11.7. The van der Waals surface area contributed by atoms with Crippen molar-refractivity contribution in [1.82, 2.24) is 14.8 Å². The highest BCUT2D eigenvalue weighted by atomic mass is 16.5. The predicted octanol–water partition coefficient (Wildman–Crippen LogP) is 1.76. The molecule has 2 rings (SSSR count). The minimum Gasteiger partial charge on any atom is -0.481 e. The Kier molecular flexibility index (Phi) is 3.79. The number of pyridine rings is 1. The van der Waals surface area contributed by atoms with E-state index >= 15 is 0 Å². The van der Waals surface area contributed by atoms with E-state index in [1.54, 1.807) is 31.0 Å². The molecule has 0 fully saturated rings. The zero-order valence-corrected chi connectivity index (χ0v) is 11.1. The lowest BCUT2D eigenvalue weighted by atomic mass is 10.2. The Morgan fingerprint density at radius 3 is 2.74 bits per heavy atom. The number of carbonyl (C=O) groups excluding carboxylic acids is 1. The summed E-state index contributed by atoms with van der Waals surface area (Å²) in [6, 6.07) is 3.56. The summed E-state index contributed by atoms with van der Waals surface area (Å²) in [6.07, 6.45) is 3.13. The van der Waals surface area contributed by atoms with Gasteiger partial charge in [-0.2, -0.15) is 5.10 Å². The van der Waals surface area contributed by atoms with E-state index in [1.807, 2.05) is 13.0 Å². The molecular formula is C13H15N3O3. The number of methoxy groups -OCH3 is 1. The zero-order valence-electron chi connectivity index (χ0n) is 11.1. The van der Waals surface area contributed by atoms with Gasteiger partial charge in [0.1, 0.15) is 5.56 Å². The van der Waals surface area contributed by atoms with Crippen molar-refractivity contribution in [2.45, 2.75) is 13.8 Å². The molecule has 0 radical (unpaired) electrons. The fourth-order valence-electron chi connectivity index (χ4n) is 1.70. The van der Waals surface area contributed by atoms with Crippen molar-refractivity contribution in [2.75, 3.05) is 13.7 Å². The van der Waals surface area contributed by atoms with Crippen LogP contribution in [0.3, 0.4) is 0 Å². The molecule has 0 N–H and O–H groups in total. The number of aromatic nitrogens is 3. The van der Waals surface area contributed by atoms with E-state index in [1.165, 1.54) is 6.20 Å². The van der Waals surface area contributed by atoms with E-state index < -0.39 is 0 Å². The van der Waals surface area contributed by atoms with E-state index in [-0.39, 0.29) is 5.97 Å². The van der Waals surface area contributed by atoms with Gasteiger partial charge in [0.25, 0.3) is 0 Å². The fraction of sp³-hybridized carbons (Fsp3) is 0.308. The van der Waals surface area contributed by atoms with E-state index in [0.29, 0.717) is 23.7 Å². The quantitative estimate of drug-likeness (QED) is 0.784.